The largest absolute Gasteiger partial charge is 0.494 e. The molecular weight excluding hydrogens is 354 g/mol. The van der Waals surface area contributed by atoms with Gasteiger partial charge in [-0.25, -0.2) is 0 Å². The zero-order valence-corrected chi connectivity index (χ0v) is 16.3. The molecular formula is C22H25N3O3. The van der Waals surface area contributed by atoms with E-state index in [9.17, 15) is 15.2 Å². The molecule has 1 saturated carbocycles. The summed E-state index contributed by atoms with van der Waals surface area (Å²) in [4.78, 5) is 17.2. The topological polar surface area (TPSA) is 87.6 Å². The minimum atomic E-state index is -0.414. The van der Waals surface area contributed by atoms with Crippen LogP contribution in [0.2, 0.25) is 0 Å². The molecule has 28 heavy (non-hydrogen) atoms. The molecule has 1 fully saturated rings. The Kier molecular flexibility index (Phi) is 6.15. The first-order valence-corrected chi connectivity index (χ1v) is 9.72. The number of aromatic nitrogens is 1. The Labute approximate surface area is 164 Å². The van der Waals surface area contributed by atoms with Crippen LogP contribution in [0.15, 0.2) is 34.1 Å². The second kappa shape index (κ2) is 8.75. The quantitative estimate of drug-likeness (QED) is 0.781. The Morgan fingerprint density at radius 1 is 1.29 bits per heavy atom. The lowest BCUT2D eigenvalue weighted by atomic mass is 9.94. The highest BCUT2D eigenvalue weighted by Gasteiger charge is 2.24. The number of nitrogens with zero attached hydrogens (tertiary/aromatic N) is 3. The molecule has 0 atom stereocenters. The molecule has 6 heteroatoms. The van der Waals surface area contributed by atoms with Crippen LogP contribution in [0.3, 0.4) is 0 Å². The Hall–Kier alpha value is -3.07. The number of nitriles is 1. The number of rotatable bonds is 5. The maximum absolute atomic E-state index is 12.8. The van der Waals surface area contributed by atoms with E-state index in [1.54, 1.807) is 6.92 Å². The standard InChI is InChI=1S/C22H25N3O3/c1-3-28-18-11-9-16(10-12-18)24-14-20-15(2)19(13-23)21(26)25(22(20)27)17-7-5-4-6-8-17/h9-12,14,17,27H,3-8H2,1-2H3. The van der Waals surface area contributed by atoms with Crippen molar-refractivity contribution < 1.29 is 9.84 Å². The van der Waals surface area contributed by atoms with Crippen LogP contribution >= 0.6 is 0 Å². The first-order chi connectivity index (χ1) is 13.6. The van der Waals surface area contributed by atoms with E-state index in [2.05, 4.69) is 4.99 Å². The number of pyridine rings is 1. The van der Waals surface area contributed by atoms with Crippen LogP contribution in [-0.4, -0.2) is 22.5 Å². The van der Waals surface area contributed by atoms with Gasteiger partial charge in [0.2, 0.25) is 5.88 Å². The van der Waals surface area contributed by atoms with Crippen LogP contribution in [0.4, 0.5) is 5.69 Å². The van der Waals surface area contributed by atoms with E-state index < -0.39 is 5.56 Å². The summed E-state index contributed by atoms with van der Waals surface area (Å²) in [5, 5.41) is 20.4. The van der Waals surface area contributed by atoms with Gasteiger partial charge >= 0.3 is 0 Å². The van der Waals surface area contributed by atoms with Gasteiger partial charge in [-0.15, -0.1) is 0 Å². The highest BCUT2D eigenvalue weighted by molar-refractivity contribution is 5.87. The maximum atomic E-state index is 12.8. The zero-order valence-electron chi connectivity index (χ0n) is 16.3. The third kappa shape index (κ3) is 3.94. The summed E-state index contributed by atoms with van der Waals surface area (Å²) in [6, 6.07) is 9.21. The highest BCUT2D eigenvalue weighted by Crippen LogP contribution is 2.32. The Balaban J connectivity index is 2.02. The number of aliphatic imine (C=N–C) groups is 1. The van der Waals surface area contributed by atoms with Gasteiger partial charge in [0.15, 0.2) is 0 Å². The van der Waals surface area contributed by atoms with Crippen molar-refractivity contribution in [2.24, 2.45) is 4.99 Å². The van der Waals surface area contributed by atoms with Gasteiger partial charge in [-0.05, 0) is 56.5 Å². The minimum absolute atomic E-state index is 0.0662. The van der Waals surface area contributed by atoms with Crippen molar-refractivity contribution in [2.75, 3.05) is 6.61 Å². The van der Waals surface area contributed by atoms with Crippen LogP contribution < -0.4 is 10.3 Å². The second-order valence-electron chi connectivity index (χ2n) is 7.00. The third-order valence-electron chi connectivity index (χ3n) is 5.22. The molecule has 1 heterocycles. The zero-order chi connectivity index (χ0) is 20.1. The van der Waals surface area contributed by atoms with Crippen LogP contribution in [0.25, 0.3) is 0 Å². The fraction of sp³-hybridized carbons (Fsp3) is 0.409. The van der Waals surface area contributed by atoms with Gasteiger partial charge in [0.1, 0.15) is 17.4 Å². The first kappa shape index (κ1) is 19.7. The van der Waals surface area contributed by atoms with Crippen molar-refractivity contribution in [3.05, 3.63) is 51.3 Å². The van der Waals surface area contributed by atoms with E-state index >= 15 is 0 Å². The molecule has 1 aliphatic rings. The van der Waals surface area contributed by atoms with Crippen molar-refractivity contribution in [3.63, 3.8) is 0 Å². The smallest absolute Gasteiger partial charge is 0.271 e. The molecule has 1 aromatic heterocycles. The summed E-state index contributed by atoms with van der Waals surface area (Å²) in [6.07, 6.45) is 6.35. The van der Waals surface area contributed by atoms with Crippen molar-refractivity contribution in [1.82, 2.24) is 4.57 Å². The molecule has 0 saturated heterocycles. The number of ether oxygens (including phenoxy) is 1. The summed E-state index contributed by atoms with van der Waals surface area (Å²) >= 11 is 0. The molecule has 0 bridgehead atoms. The Morgan fingerprint density at radius 3 is 2.57 bits per heavy atom. The van der Waals surface area contributed by atoms with E-state index in [0.717, 1.165) is 37.9 Å². The monoisotopic (exact) mass is 379 g/mol. The van der Waals surface area contributed by atoms with Crippen molar-refractivity contribution in [2.45, 2.75) is 52.0 Å². The summed E-state index contributed by atoms with van der Waals surface area (Å²) in [6.45, 7) is 4.19. The van der Waals surface area contributed by atoms with Crippen LogP contribution in [0.5, 0.6) is 11.6 Å². The summed E-state index contributed by atoms with van der Waals surface area (Å²) in [5.74, 6) is 0.654. The highest BCUT2D eigenvalue weighted by atomic mass is 16.5. The number of benzene rings is 1. The average Bonchev–Trinajstić information content (AvgIpc) is 2.70. The normalized spacial score (nSPS) is 14.9. The lowest BCUT2D eigenvalue weighted by Gasteiger charge is -2.26. The van der Waals surface area contributed by atoms with Gasteiger partial charge in [0, 0.05) is 12.3 Å². The van der Waals surface area contributed by atoms with Crippen molar-refractivity contribution in [3.8, 4) is 17.7 Å². The molecule has 2 aromatic rings. The molecule has 3 rings (SSSR count). The molecule has 6 nitrogen and oxygen atoms in total. The number of hydrogen-bond acceptors (Lipinski definition) is 5. The predicted molar refractivity (Wildman–Crippen MR) is 109 cm³/mol. The van der Waals surface area contributed by atoms with Crippen LogP contribution in [-0.2, 0) is 0 Å². The predicted octanol–water partition coefficient (Wildman–Crippen LogP) is 4.39. The van der Waals surface area contributed by atoms with Gasteiger partial charge in [-0.2, -0.15) is 5.26 Å². The van der Waals surface area contributed by atoms with Gasteiger partial charge in [-0.3, -0.25) is 14.4 Å². The van der Waals surface area contributed by atoms with E-state index in [-0.39, 0.29) is 17.5 Å². The van der Waals surface area contributed by atoms with Gasteiger partial charge in [0.25, 0.3) is 5.56 Å². The summed E-state index contributed by atoms with van der Waals surface area (Å²) in [5.41, 5.74) is 1.21. The third-order valence-corrected chi connectivity index (χ3v) is 5.22. The molecule has 1 aromatic carbocycles. The van der Waals surface area contributed by atoms with Gasteiger partial charge in [-0.1, -0.05) is 19.3 Å². The van der Waals surface area contributed by atoms with Crippen LogP contribution in [0, 0.1) is 18.3 Å². The van der Waals surface area contributed by atoms with Crippen molar-refractivity contribution >= 4 is 11.9 Å². The van der Waals surface area contributed by atoms with E-state index in [0.29, 0.717) is 23.4 Å². The molecule has 0 radical (unpaired) electrons. The second-order valence-corrected chi connectivity index (χ2v) is 7.00. The fourth-order valence-electron chi connectivity index (χ4n) is 3.71. The SMILES string of the molecule is CCOc1ccc(N=Cc2c(C)c(C#N)c(=O)n(C3CCCCC3)c2O)cc1. The van der Waals surface area contributed by atoms with Crippen molar-refractivity contribution in [1.29, 1.82) is 5.26 Å². The Bertz CT molecular complexity index is 962. The van der Waals surface area contributed by atoms with E-state index in [1.165, 1.54) is 10.8 Å². The maximum Gasteiger partial charge on any atom is 0.271 e. The lowest BCUT2D eigenvalue weighted by Crippen LogP contribution is -2.30. The summed E-state index contributed by atoms with van der Waals surface area (Å²) < 4.78 is 6.82. The molecule has 0 spiro atoms. The van der Waals surface area contributed by atoms with Gasteiger partial charge in [0.05, 0.1) is 17.9 Å². The molecule has 1 N–H and O–H groups in total. The average molecular weight is 379 g/mol. The molecule has 0 unspecified atom stereocenters. The minimum Gasteiger partial charge on any atom is -0.494 e. The molecule has 0 amide bonds. The Morgan fingerprint density at radius 2 is 1.96 bits per heavy atom. The van der Waals surface area contributed by atoms with E-state index in [1.807, 2.05) is 37.3 Å². The first-order valence-electron chi connectivity index (χ1n) is 9.72. The van der Waals surface area contributed by atoms with E-state index in [4.69, 9.17) is 4.74 Å². The molecule has 146 valence electrons. The number of hydrogen-bond donors (Lipinski definition) is 1. The molecule has 0 aliphatic heterocycles. The number of aromatic hydroxyl groups is 1. The fourth-order valence-corrected chi connectivity index (χ4v) is 3.71. The lowest BCUT2D eigenvalue weighted by molar-refractivity contribution is 0.303. The molecule has 1 aliphatic carbocycles. The van der Waals surface area contributed by atoms with Crippen LogP contribution in [0.1, 0.15) is 61.8 Å². The summed E-state index contributed by atoms with van der Waals surface area (Å²) in [7, 11) is 0. The van der Waals surface area contributed by atoms with Gasteiger partial charge < -0.3 is 9.84 Å².